The van der Waals surface area contributed by atoms with Crippen molar-refractivity contribution < 1.29 is 23.9 Å². The monoisotopic (exact) mass is 425 g/mol. The van der Waals surface area contributed by atoms with Crippen molar-refractivity contribution in [3.05, 3.63) is 48.0 Å². The van der Waals surface area contributed by atoms with Crippen molar-refractivity contribution >= 4 is 29.1 Å². The molecule has 1 fully saturated rings. The molecule has 1 N–H and O–H groups in total. The third-order valence-electron chi connectivity index (χ3n) is 5.39. The highest BCUT2D eigenvalue weighted by molar-refractivity contribution is 6.03. The number of hydrogen-bond acceptors (Lipinski definition) is 5. The second kappa shape index (κ2) is 9.51. The zero-order valence-electron chi connectivity index (χ0n) is 18.2. The van der Waals surface area contributed by atoms with Crippen LogP contribution in [0, 0.1) is 5.92 Å². The smallest absolute Gasteiger partial charge is 0.229 e. The molecule has 1 unspecified atom stereocenters. The lowest BCUT2D eigenvalue weighted by Gasteiger charge is -2.20. The van der Waals surface area contributed by atoms with Gasteiger partial charge in [0.2, 0.25) is 17.7 Å². The summed E-state index contributed by atoms with van der Waals surface area (Å²) < 4.78 is 10.6. The first-order valence-corrected chi connectivity index (χ1v) is 9.97. The molecule has 1 aliphatic heterocycles. The van der Waals surface area contributed by atoms with Gasteiger partial charge < -0.3 is 24.6 Å². The third kappa shape index (κ3) is 4.96. The topological polar surface area (TPSA) is 88.2 Å². The van der Waals surface area contributed by atoms with Crippen LogP contribution >= 0.6 is 0 Å². The van der Waals surface area contributed by atoms with Gasteiger partial charge in [0, 0.05) is 50.9 Å². The van der Waals surface area contributed by atoms with Crippen LogP contribution in [0.4, 0.5) is 11.4 Å². The Labute approximate surface area is 181 Å². The Bertz CT molecular complexity index is 991. The molecule has 3 rings (SSSR count). The van der Waals surface area contributed by atoms with E-state index in [-0.39, 0.29) is 30.7 Å². The van der Waals surface area contributed by atoms with Crippen molar-refractivity contribution in [2.24, 2.45) is 5.92 Å². The van der Waals surface area contributed by atoms with Gasteiger partial charge in [-0.25, -0.2) is 0 Å². The zero-order valence-corrected chi connectivity index (χ0v) is 18.2. The number of benzene rings is 2. The van der Waals surface area contributed by atoms with Crippen LogP contribution in [0.3, 0.4) is 0 Å². The van der Waals surface area contributed by atoms with Crippen molar-refractivity contribution in [2.75, 3.05) is 38.0 Å². The lowest BCUT2D eigenvalue weighted by atomic mass is 10.1. The molecule has 0 saturated carbocycles. The molecule has 164 valence electrons. The minimum absolute atomic E-state index is 0.0620. The van der Waals surface area contributed by atoms with E-state index in [2.05, 4.69) is 5.32 Å². The van der Waals surface area contributed by atoms with E-state index in [1.165, 1.54) is 14.0 Å². The molecule has 2 aromatic carbocycles. The van der Waals surface area contributed by atoms with E-state index in [0.717, 1.165) is 5.56 Å². The molecule has 1 heterocycles. The number of amides is 3. The molecule has 3 amide bonds. The van der Waals surface area contributed by atoms with Gasteiger partial charge in [0.1, 0.15) is 0 Å². The summed E-state index contributed by atoms with van der Waals surface area (Å²) in [6.45, 7) is 2.15. The predicted octanol–water partition coefficient (Wildman–Crippen LogP) is 2.67. The van der Waals surface area contributed by atoms with Crippen LogP contribution in [0.5, 0.6) is 11.5 Å². The number of hydrogen-bond donors (Lipinski definition) is 1. The summed E-state index contributed by atoms with van der Waals surface area (Å²) in [7, 11) is 4.78. The van der Waals surface area contributed by atoms with Crippen LogP contribution in [0.1, 0.15) is 18.9 Å². The predicted molar refractivity (Wildman–Crippen MR) is 117 cm³/mol. The Hall–Kier alpha value is -3.55. The van der Waals surface area contributed by atoms with Crippen molar-refractivity contribution in [3.63, 3.8) is 0 Å². The SMILES string of the molecule is COc1ccc(N2CC(C(=O)Nc3ccccc3CN(C)C(C)=O)CC2=O)cc1OC. The summed E-state index contributed by atoms with van der Waals surface area (Å²) in [6.07, 6.45) is 0.121. The van der Waals surface area contributed by atoms with Crippen molar-refractivity contribution in [1.82, 2.24) is 4.90 Å². The minimum atomic E-state index is -0.487. The standard InChI is InChI=1S/C23H27N3O5/c1-15(27)25(2)13-16-7-5-6-8-19(16)24-23(29)17-11-22(28)26(14-17)18-9-10-20(30-3)21(12-18)31-4/h5-10,12,17H,11,13-14H2,1-4H3,(H,24,29). The van der Waals surface area contributed by atoms with E-state index in [1.807, 2.05) is 18.2 Å². The van der Waals surface area contributed by atoms with E-state index in [4.69, 9.17) is 9.47 Å². The molecule has 1 aliphatic rings. The van der Waals surface area contributed by atoms with Gasteiger partial charge in [-0.1, -0.05) is 18.2 Å². The van der Waals surface area contributed by atoms with Gasteiger partial charge in [-0.3, -0.25) is 14.4 Å². The number of carbonyl (C=O) groups excluding carboxylic acids is 3. The number of rotatable bonds is 7. The van der Waals surface area contributed by atoms with E-state index in [1.54, 1.807) is 48.2 Å². The fourth-order valence-electron chi connectivity index (χ4n) is 3.51. The molecule has 1 atom stereocenters. The zero-order chi connectivity index (χ0) is 22.5. The largest absolute Gasteiger partial charge is 0.493 e. The van der Waals surface area contributed by atoms with Gasteiger partial charge in [0.25, 0.3) is 0 Å². The van der Waals surface area contributed by atoms with Gasteiger partial charge in [0.15, 0.2) is 11.5 Å². The summed E-state index contributed by atoms with van der Waals surface area (Å²) in [4.78, 5) is 40.3. The number of para-hydroxylation sites is 1. The summed E-state index contributed by atoms with van der Waals surface area (Å²) in [5.74, 6) is 0.182. The molecule has 0 aliphatic carbocycles. The second-order valence-electron chi connectivity index (χ2n) is 7.47. The number of nitrogens with zero attached hydrogens (tertiary/aromatic N) is 2. The normalized spacial score (nSPS) is 15.5. The highest BCUT2D eigenvalue weighted by Gasteiger charge is 2.35. The van der Waals surface area contributed by atoms with Crippen LogP contribution in [0.25, 0.3) is 0 Å². The number of carbonyl (C=O) groups is 3. The van der Waals surface area contributed by atoms with Crippen molar-refractivity contribution in [1.29, 1.82) is 0 Å². The lowest BCUT2D eigenvalue weighted by molar-refractivity contribution is -0.128. The van der Waals surface area contributed by atoms with Gasteiger partial charge in [0.05, 0.1) is 20.1 Å². The Morgan fingerprint density at radius 1 is 1.13 bits per heavy atom. The first-order chi connectivity index (χ1) is 14.8. The molecule has 0 bridgehead atoms. The summed E-state index contributed by atoms with van der Waals surface area (Å²) in [5.41, 5.74) is 2.12. The molecule has 2 aromatic rings. The minimum Gasteiger partial charge on any atom is -0.493 e. The molecular weight excluding hydrogens is 398 g/mol. The van der Waals surface area contributed by atoms with Gasteiger partial charge >= 0.3 is 0 Å². The average Bonchev–Trinajstić information content (AvgIpc) is 3.16. The molecule has 0 radical (unpaired) electrons. The number of anilines is 2. The summed E-state index contributed by atoms with van der Waals surface area (Å²) in [5, 5.41) is 2.93. The van der Waals surface area contributed by atoms with Crippen LogP contribution in [0.2, 0.25) is 0 Å². The van der Waals surface area contributed by atoms with Crippen LogP contribution in [-0.2, 0) is 20.9 Å². The van der Waals surface area contributed by atoms with E-state index in [9.17, 15) is 14.4 Å². The summed E-state index contributed by atoms with van der Waals surface area (Å²) >= 11 is 0. The Morgan fingerprint density at radius 3 is 2.52 bits per heavy atom. The molecule has 31 heavy (non-hydrogen) atoms. The second-order valence-corrected chi connectivity index (χ2v) is 7.47. The van der Waals surface area contributed by atoms with Crippen LogP contribution in [-0.4, -0.2) is 50.4 Å². The first-order valence-electron chi connectivity index (χ1n) is 9.97. The number of methoxy groups -OCH3 is 2. The molecule has 8 heteroatoms. The van der Waals surface area contributed by atoms with Gasteiger partial charge in [-0.05, 0) is 23.8 Å². The summed E-state index contributed by atoms with van der Waals surface area (Å²) in [6, 6.07) is 12.6. The highest BCUT2D eigenvalue weighted by Crippen LogP contribution is 2.34. The van der Waals surface area contributed by atoms with Crippen molar-refractivity contribution in [2.45, 2.75) is 19.9 Å². The molecule has 8 nitrogen and oxygen atoms in total. The quantitative estimate of drug-likeness (QED) is 0.737. The Morgan fingerprint density at radius 2 is 1.84 bits per heavy atom. The highest BCUT2D eigenvalue weighted by atomic mass is 16.5. The van der Waals surface area contributed by atoms with E-state index >= 15 is 0 Å². The van der Waals surface area contributed by atoms with E-state index < -0.39 is 5.92 Å². The first kappa shape index (κ1) is 22.1. The molecule has 0 spiro atoms. The maximum atomic E-state index is 12.9. The maximum Gasteiger partial charge on any atom is 0.229 e. The van der Waals surface area contributed by atoms with Crippen LogP contribution < -0.4 is 19.7 Å². The maximum absolute atomic E-state index is 12.9. The van der Waals surface area contributed by atoms with Gasteiger partial charge in [-0.15, -0.1) is 0 Å². The van der Waals surface area contributed by atoms with Gasteiger partial charge in [-0.2, -0.15) is 0 Å². The number of nitrogens with one attached hydrogen (secondary N) is 1. The molecule has 0 aromatic heterocycles. The van der Waals surface area contributed by atoms with Crippen LogP contribution in [0.15, 0.2) is 42.5 Å². The molecular formula is C23H27N3O5. The van der Waals surface area contributed by atoms with E-state index in [0.29, 0.717) is 29.4 Å². The Kier molecular flexibility index (Phi) is 6.79. The van der Waals surface area contributed by atoms with Crippen molar-refractivity contribution in [3.8, 4) is 11.5 Å². The lowest BCUT2D eigenvalue weighted by Crippen LogP contribution is -2.29. The Balaban J connectivity index is 1.72. The fourth-order valence-corrected chi connectivity index (χ4v) is 3.51. The molecule has 1 saturated heterocycles. The number of ether oxygens (including phenoxy) is 2. The fraction of sp³-hybridized carbons (Fsp3) is 0.348. The average molecular weight is 425 g/mol. The third-order valence-corrected chi connectivity index (χ3v) is 5.39.